The second-order valence-electron chi connectivity index (χ2n) is 16.3. The molecule has 0 aliphatic carbocycles. The predicted molar refractivity (Wildman–Crippen MR) is 255 cm³/mol. The molecule has 0 aliphatic heterocycles. The Bertz CT molecular complexity index is 2230. The number of halogens is 4. The van der Waals surface area contributed by atoms with Crippen molar-refractivity contribution in [3.05, 3.63) is 146 Å². The summed E-state index contributed by atoms with van der Waals surface area (Å²) in [6.07, 6.45) is 11.7. The highest BCUT2D eigenvalue weighted by molar-refractivity contribution is 9.10. The summed E-state index contributed by atoms with van der Waals surface area (Å²) in [5.74, 6) is 0. The molecule has 6 rings (SSSR count). The third-order valence-electron chi connectivity index (χ3n) is 10.8. The first-order valence-electron chi connectivity index (χ1n) is 20.4. The minimum absolute atomic E-state index is 0.736. The molecule has 0 heterocycles. The van der Waals surface area contributed by atoms with E-state index in [9.17, 15) is 0 Å². The zero-order valence-corrected chi connectivity index (χ0v) is 38.4. The van der Waals surface area contributed by atoms with E-state index in [1.165, 1.54) is 71.5 Å². The summed E-state index contributed by atoms with van der Waals surface area (Å²) in [7, 11) is -1.37. The van der Waals surface area contributed by atoms with Crippen LogP contribution in [0, 0.1) is 0 Å². The number of benzene rings is 6. The second-order valence-corrected chi connectivity index (χ2v) is 23.6. The lowest BCUT2D eigenvalue weighted by atomic mass is 9.86. The van der Waals surface area contributed by atoms with Gasteiger partial charge in [-0.15, -0.1) is 0 Å². The molecule has 0 atom stereocenters. The Hall–Kier alpha value is -3.11. The fourth-order valence-corrected chi connectivity index (χ4v) is 10.2. The number of hydrogen-bond donors (Lipinski definition) is 0. The number of aryl methyl sites for hydroxylation is 2. The largest absolute Gasteiger partial charge is 0.0843 e. The quantitative estimate of drug-likeness (QED) is 0.0671. The minimum atomic E-state index is -1.37. The average Bonchev–Trinajstić information content (AvgIpc) is 3.17. The van der Waals surface area contributed by atoms with Crippen LogP contribution in [0.2, 0.25) is 34.7 Å². The molecule has 0 nitrogen and oxygen atoms in total. The average molecular weight is 881 g/mol. The maximum atomic E-state index is 6.99. The van der Waals surface area contributed by atoms with Gasteiger partial charge in [-0.3, -0.25) is 0 Å². The third-order valence-corrected chi connectivity index (χ3v) is 14.0. The number of unbranched alkanes of at least 4 members (excludes halogenated alkanes) is 6. The predicted octanol–water partition coefficient (Wildman–Crippen LogP) is 17.5. The molecule has 5 heteroatoms. The summed E-state index contributed by atoms with van der Waals surface area (Å²) in [6.45, 7) is 11.7. The Morgan fingerprint density at radius 3 is 1.20 bits per heavy atom. The first-order valence-corrected chi connectivity index (χ1v) is 25.8. The Balaban J connectivity index is 1.37. The van der Waals surface area contributed by atoms with Crippen LogP contribution >= 0.6 is 50.7 Å². The Morgan fingerprint density at radius 1 is 0.411 bits per heavy atom. The molecule has 0 saturated heterocycles. The summed E-state index contributed by atoms with van der Waals surface area (Å²) in [5.41, 5.74) is 14.4. The van der Waals surface area contributed by atoms with Gasteiger partial charge in [0.25, 0.3) is 0 Å². The van der Waals surface area contributed by atoms with Crippen LogP contribution in [-0.2, 0) is 12.8 Å². The maximum absolute atomic E-state index is 6.99. The summed E-state index contributed by atoms with van der Waals surface area (Å²) in [6, 6.07) is 42.0. The van der Waals surface area contributed by atoms with Crippen LogP contribution in [0.1, 0.15) is 76.3 Å². The highest BCUT2D eigenvalue weighted by Gasteiger charge is 2.18. The molecule has 0 bridgehead atoms. The molecule has 0 unspecified atom stereocenters. The molecule has 56 heavy (non-hydrogen) atoms. The van der Waals surface area contributed by atoms with E-state index in [1.807, 2.05) is 6.07 Å². The molecule has 0 aliphatic rings. The van der Waals surface area contributed by atoms with Gasteiger partial charge in [-0.25, -0.2) is 0 Å². The van der Waals surface area contributed by atoms with E-state index in [2.05, 4.69) is 159 Å². The molecule has 0 saturated carbocycles. The smallest absolute Gasteiger partial charge is 0.0775 e. The fraction of sp³-hybridized carbons (Fsp3) is 0.294. The van der Waals surface area contributed by atoms with Gasteiger partial charge in [-0.2, -0.15) is 0 Å². The summed E-state index contributed by atoms with van der Waals surface area (Å²) >= 11 is 24.1. The van der Waals surface area contributed by atoms with Gasteiger partial charge in [0.05, 0.1) is 8.07 Å². The van der Waals surface area contributed by atoms with Crippen LogP contribution < -0.4 is 5.19 Å². The van der Waals surface area contributed by atoms with Crippen LogP contribution in [0.25, 0.3) is 55.6 Å². The lowest BCUT2D eigenvalue weighted by Gasteiger charge is -2.19. The summed E-state index contributed by atoms with van der Waals surface area (Å²) < 4.78 is 0.999. The Kier molecular flexibility index (Phi) is 14.8. The van der Waals surface area contributed by atoms with Crippen LogP contribution in [0.5, 0.6) is 0 Å². The van der Waals surface area contributed by atoms with E-state index in [0.717, 1.165) is 84.2 Å². The normalized spacial score (nSPS) is 11.7. The summed E-state index contributed by atoms with van der Waals surface area (Å²) in [4.78, 5) is 0. The van der Waals surface area contributed by atoms with Gasteiger partial charge in [0.15, 0.2) is 0 Å². The highest BCUT2D eigenvalue weighted by atomic mass is 79.9. The van der Waals surface area contributed by atoms with Gasteiger partial charge in [0.1, 0.15) is 0 Å². The molecule has 290 valence electrons. The third kappa shape index (κ3) is 11.1. The van der Waals surface area contributed by atoms with Gasteiger partial charge in [-0.05, 0) is 147 Å². The molecule has 0 fully saturated rings. The van der Waals surface area contributed by atoms with E-state index in [0.29, 0.717) is 0 Å². The topological polar surface area (TPSA) is 0 Å². The van der Waals surface area contributed by atoms with Crippen LogP contribution in [0.15, 0.2) is 120 Å². The first-order chi connectivity index (χ1) is 26.9. The van der Waals surface area contributed by atoms with Gasteiger partial charge < -0.3 is 0 Å². The van der Waals surface area contributed by atoms with Gasteiger partial charge in [0, 0.05) is 19.5 Å². The van der Waals surface area contributed by atoms with Gasteiger partial charge >= 0.3 is 0 Å². The van der Waals surface area contributed by atoms with E-state index < -0.39 is 8.07 Å². The Labute approximate surface area is 360 Å². The van der Waals surface area contributed by atoms with E-state index >= 15 is 0 Å². The summed E-state index contributed by atoms with van der Waals surface area (Å²) in [5, 5.41) is 3.68. The fourth-order valence-electron chi connectivity index (χ4n) is 7.69. The van der Waals surface area contributed by atoms with Crippen molar-refractivity contribution in [1.82, 2.24) is 0 Å². The minimum Gasteiger partial charge on any atom is -0.0843 e. The zero-order chi connectivity index (χ0) is 39.8. The highest BCUT2D eigenvalue weighted by Crippen LogP contribution is 2.39. The molecule has 0 spiro atoms. The maximum Gasteiger partial charge on any atom is 0.0775 e. The van der Waals surface area contributed by atoms with Crippen molar-refractivity contribution >= 4 is 64.0 Å². The molecule has 0 N–H and O–H groups in total. The number of rotatable bonds is 16. The molecule has 0 amide bonds. The van der Waals surface area contributed by atoms with Crippen molar-refractivity contribution in [2.45, 2.75) is 97.7 Å². The molecule has 0 radical (unpaired) electrons. The molecular formula is C51H54BrCl3Si. The van der Waals surface area contributed by atoms with Gasteiger partial charge in [0.2, 0.25) is 0 Å². The van der Waals surface area contributed by atoms with Crippen LogP contribution in [0.3, 0.4) is 0 Å². The lowest BCUT2D eigenvalue weighted by molar-refractivity contribution is 0.664. The van der Waals surface area contributed by atoms with Crippen molar-refractivity contribution in [3.8, 4) is 55.6 Å². The first kappa shape index (κ1) is 42.5. The molecule has 0 aromatic heterocycles. The van der Waals surface area contributed by atoms with Crippen molar-refractivity contribution < 1.29 is 0 Å². The van der Waals surface area contributed by atoms with E-state index in [4.69, 9.17) is 34.8 Å². The SMILES string of the molecule is CCCCCCc1cc(-c2cc(Cl)cc(-c3ccc(-c4cc(Cl)cc(-c5ccc([Si](C)(C)C)cc5)c4)cc3)c2)c(CCCCCC)cc1-c1cc(Cl)cc(Br)c1. The van der Waals surface area contributed by atoms with Crippen molar-refractivity contribution in [2.24, 2.45) is 0 Å². The monoisotopic (exact) mass is 878 g/mol. The van der Waals surface area contributed by atoms with Crippen molar-refractivity contribution in [3.63, 3.8) is 0 Å². The van der Waals surface area contributed by atoms with Gasteiger partial charge in [-0.1, -0.05) is 189 Å². The Morgan fingerprint density at radius 2 is 0.786 bits per heavy atom. The standard InChI is InChI=1S/C51H54BrCl3Si/c1-6-8-10-12-14-38-33-51(44-26-45(52)34-48(55)31-44)39(15-13-11-9-7-2)32-50(38)43-25-42(29-47(54)30-43)36-18-16-35(17-19-36)40-24-41(28-46(53)27-40)37-20-22-49(23-21-37)56(3,4)5/h16-34H,6-15H2,1-5H3. The molecule has 6 aromatic carbocycles. The van der Waals surface area contributed by atoms with Crippen molar-refractivity contribution in [2.75, 3.05) is 0 Å². The second kappa shape index (κ2) is 19.6. The molecule has 6 aromatic rings. The van der Waals surface area contributed by atoms with Crippen LogP contribution in [-0.4, -0.2) is 8.07 Å². The van der Waals surface area contributed by atoms with Crippen molar-refractivity contribution in [1.29, 1.82) is 0 Å². The lowest BCUT2D eigenvalue weighted by Crippen LogP contribution is -2.37. The molecular weight excluding hydrogens is 827 g/mol. The zero-order valence-electron chi connectivity index (χ0n) is 33.6. The number of hydrogen-bond acceptors (Lipinski definition) is 0. The van der Waals surface area contributed by atoms with E-state index in [-0.39, 0.29) is 0 Å². The van der Waals surface area contributed by atoms with E-state index in [1.54, 1.807) is 0 Å². The van der Waals surface area contributed by atoms with Crippen LogP contribution in [0.4, 0.5) is 0 Å².